The van der Waals surface area contributed by atoms with E-state index in [0.717, 1.165) is 29.1 Å². The molecule has 1 heterocycles. The second kappa shape index (κ2) is 9.05. The Kier molecular flexibility index (Phi) is 6.49. The number of nitrogens with one attached hydrogen (secondary N) is 2. The van der Waals surface area contributed by atoms with Gasteiger partial charge in [-0.15, -0.1) is 0 Å². The van der Waals surface area contributed by atoms with Gasteiger partial charge < -0.3 is 9.88 Å². The van der Waals surface area contributed by atoms with Crippen LogP contribution in [0.2, 0.25) is 0 Å². The standard InChI is InChI=1S/C24H28N4S/c1-16-8-9-18(3)21(13-16)15-28-10-6-7-22(28)14-25-27-24(29)26-23-19(4)11-17(2)12-20(23)5/h6-14H,15H2,1-5H3,(H2,26,27,29)/b25-14+. The minimum atomic E-state index is 0.476. The van der Waals surface area contributed by atoms with Crippen molar-refractivity contribution in [2.45, 2.75) is 41.2 Å². The van der Waals surface area contributed by atoms with E-state index in [4.69, 9.17) is 12.2 Å². The molecule has 0 fully saturated rings. The minimum Gasteiger partial charge on any atom is -0.342 e. The van der Waals surface area contributed by atoms with Gasteiger partial charge >= 0.3 is 0 Å². The maximum absolute atomic E-state index is 5.41. The molecule has 0 aliphatic rings. The smallest absolute Gasteiger partial charge is 0.191 e. The molecule has 0 aliphatic carbocycles. The summed E-state index contributed by atoms with van der Waals surface area (Å²) in [5.41, 5.74) is 12.4. The molecule has 4 nitrogen and oxygen atoms in total. The van der Waals surface area contributed by atoms with Gasteiger partial charge in [0.25, 0.3) is 0 Å². The molecular formula is C24H28N4S. The first-order valence-electron chi connectivity index (χ1n) is 9.72. The second-order valence-corrected chi connectivity index (χ2v) is 8.00. The molecule has 3 rings (SSSR count). The number of hydrogen-bond acceptors (Lipinski definition) is 2. The fourth-order valence-corrected chi connectivity index (χ4v) is 3.67. The zero-order valence-corrected chi connectivity index (χ0v) is 18.5. The zero-order valence-electron chi connectivity index (χ0n) is 17.7. The van der Waals surface area contributed by atoms with Crippen LogP contribution in [0.5, 0.6) is 0 Å². The maximum atomic E-state index is 5.41. The van der Waals surface area contributed by atoms with E-state index in [0.29, 0.717) is 5.11 Å². The van der Waals surface area contributed by atoms with Gasteiger partial charge in [0, 0.05) is 18.4 Å². The average Bonchev–Trinajstić information content (AvgIpc) is 3.08. The predicted molar refractivity (Wildman–Crippen MR) is 127 cm³/mol. The summed E-state index contributed by atoms with van der Waals surface area (Å²) in [5.74, 6) is 0. The van der Waals surface area contributed by atoms with Crippen molar-refractivity contribution in [1.82, 2.24) is 9.99 Å². The maximum Gasteiger partial charge on any atom is 0.191 e. The molecule has 3 aromatic rings. The number of anilines is 1. The highest BCUT2D eigenvalue weighted by atomic mass is 32.1. The van der Waals surface area contributed by atoms with E-state index in [-0.39, 0.29) is 0 Å². The van der Waals surface area contributed by atoms with Crippen LogP contribution in [0.15, 0.2) is 53.8 Å². The Morgan fingerprint density at radius 1 is 0.966 bits per heavy atom. The van der Waals surface area contributed by atoms with Gasteiger partial charge in [-0.3, -0.25) is 5.43 Å². The molecule has 0 bridgehead atoms. The van der Waals surface area contributed by atoms with Crippen LogP contribution in [-0.4, -0.2) is 15.9 Å². The summed E-state index contributed by atoms with van der Waals surface area (Å²) < 4.78 is 2.18. The normalized spacial score (nSPS) is 11.1. The summed E-state index contributed by atoms with van der Waals surface area (Å²) in [6, 6.07) is 14.9. The van der Waals surface area contributed by atoms with E-state index in [1.165, 1.54) is 22.3 Å². The minimum absolute atomic E-state index is 0.476. The van der Waals surface area contributed by atoms with Gasteiger partial charge in [-0.2, -0.15) is 5.10 Å². The number of thiocarbonyl (C=S) groups is 1. The molecule has 5 heteroatoms. The molecule has 29 heavy (non-hydrogen) atoms. The molecule has 150 valence electrons. The van der Waals surface area contributed by atoms with Gasteiger partial charge in [0.1, 0.15) is 0 Å². The number of rotatable bonds is 5. The van der Waals surface area contributed by atoms with E-state index in [2.05, 4.69) is 91.6 Å². The predicted octanol–water partition coefficient (Wildman–Crippen LogP) is 5.40. The van der Waals surface area contributed by atoms with Crippen molar-refractivity contribution < 1.29 is 0 Å². The molecule has 2 aromatic carbocycles. The summed E-state index contributed by atoms with van der Waals surface area (Å²) in [6.45, 7) is 11.3. The summed E-state index contributed by atoms with van der Waals surface area (Å²) in [6.07, 6.45) is 3.87. The molecule has 0 amide bonds. The van der Waals surface area contributed by atoms with Crippen LogP contribution in [0.25, 0.3) is 0 Å². The van der Waals surface area contributed by atoms with Crippen LogP contribution in [-0.2, 0) is 6.54 Å². The van der Waals surface area contributed by atoms with E-state index in [9.17, 15) is 0 Å². The number of hydrazone groups is 1. The Labute approximate surface area is 178 Å². The van der Waals surface area contributed by atoms with Crippen molar-refractivity contribution in [1.29, 1.82) is 0 Å². The lowest BCUT2D eigenvalue weighted by Gasteiger charge is -2.14. The van der Waals surface area contributed by atoms with Gasteiger partial charge in [-0.1, -0.05) is 41.5 Å². The lowest BCUT2D eigenvalue weighted by molar-refractivity contribution is 0.793. The monoisotopic (exact) mass is 404 g/mol. The number of benzene rings is 2. The third-order valence-corrected chi connectivity index (χ3v) is 5.18. The summed E-state index contributed by atoms with van der Waals surface area (Å²) in [4.78, 5) is 0. The molecule has 1 aromatic heterocycles. The largest absolute Gasteiger partial charge is 0.342 e. The second-order valence-electron chi connectivity index (χ2n) is 7.59. The molecule has 0 unspecified atom stereocenters. The first-order chi connectivity index (χ1) is 13.8. The zero-order chi connectivity index (χ0) is 21.0. The summed E-state index contributed by atoms with van der Waals surface area (Å²) in [5, 5.41) is 8.06. The first kappa shape index (κ1) is 20.8. The van der Waals surface area contributed by atoms with Crippen LogP contribution >= 0.6 is 12.2 Å². The summed E-state index contributed by atoms with van der Waals surface area (Å²) >= 11 is 5.41. The molecule has 2 N–H and O–H groups in total. The molecule has 0 spiro atoms. The van der Waals surface area contributed by atoms with E-state index in [1.807, 2.05) is 12.1 Å². The van der Waals surface area contributed by atoms with E-state index in [1.54, 1.807) is 6.21 Å². The summed E-state index contributed by atoms with van der Waals surface area (Å²) in [7, 11) is 0. The Hall–Kier alpha value is -2.92. The quantitative estimate of drug-likeness (QED) is 0.340. The number of hydrogen-bond donors (Lipinski definition) is 2. The van der Waals surface area contributed by atoms with Crippen molar-refractivity contribution in [2.24, 2.45) is 5.10 Å². The van der Waals surface area contributed by atoms with E-state index < -0.39 is 0 Å². The van der Waals surface area contributed by atoms with Gasteiger partial charge in [0.2, 0.25) is 0 Å². The van der Waals surface area contributed by atoms with Gasteiger partial charge in [-0.05, 0) is 81.2 Å². The fourth-order valence-electron chi connectivity index (χ4n) is 3.52. The molecule has 0 radical (unpaired) electrons. The van der Waals surface area contributed by atoms with Crippen LogP contribution in [0.3, 0.4) is 0 Å². The number of nitrogens with zero attached hydrogens (tertiary/aromatic N) is 2. The highest BCUT2D eigenvalue weighted by Gasteiger charge is 2.06. The molecule has 0 saturated carbocycles. The van der Waals surface area contributed by atoms with Crippen molar-refractivity contribution in [3.8, 4) is 0 Å². The molecular weight excluding hydrogens is 376 g/mol. The van der Waals surface area contributed by atoms with Crippen molar-refractivity contribution in [3.63, 3.8) is 0 Å². The third-order valence-electron chi connectivity index (χ3n) is 4.99. The Balaban J connectivity index is 1.65. The first-order valence-corrected chi connectivity index (χ1v) is 10.1. The van der Waals surface area contributed by atoms with Crippen LogP contribution in [0.4, 0.5) is 5.69 Å². The topological polar surface area (TPSA) is 41.4 Å². The lowest BCUT2D eigenvalue weighted by Crippen LogP contribution is -2.25. The molecule has 0 aliphatic heterocycles. The van der Waals surface area contributed by atoms with Gasteiger partial charge in [-0.25, -0.2) is 0 Å². The number of aryl methyl sites for hydroxylation is 5. The van der Waals surface area contributed by atoms with Crippen LogP contribution < -0.4 is 10.7 Å². The van der Waals surface area contributed by atoms with Gasteiger partial charge in [0.05, 0.1) is 11.9 Å². The van der Waals surface area contributed by atoms with Crippen molar-refractivity contribution in [2.75, 3.05) is 5.32 Å². The fraction of sp³-hybridized carbons (Fsp3) is 0.250. The van der Waals surface area contributed by atoms with Crippen LogP contribution in [0.1, 0.15) is 39.1 Å². The van der Waals surface area contributed by atoms with E-state index >= 15 is 0 Å². The Bertz CT molecular complexity index is 1040. The van der Waals surface area contributed by atoms with Crippen LogP contribution in [0, 0.1) is 34.6 Å². The third kappa shape index (κ3) is 5.33. The molecule has 0 atom stereocenters. The number of aromatic nitrogens is 1. The van der Waals surface area contributed by atoms with Gasteiger partial charge in [0.15, 0.2) is 5.11 Å². The Morgan fingerprint density at radius 3 is 2.41 bits per heavy atom. The van der Waals surface area contributed by atoms with Crippen molar-refractivity contribution in [3.05, 3.63) is 87.7 Å². The average molecular weight is 405 g/mol. The highest BCUT2D eigenvalue weighted by molar-refractivity contribution is 7.80. The van der Waals surface area contributed by atoms with Crippen molar-refractivity contribution >= 4 is 29.2 Å². The Morgan fingerprint density at radius 2 is 1.69 bits per heavy atom. The highest BCUT2D eigenvalue weighted by Crippen LogP contribution is 2.21. The molecule has 0 saturated heterocycles. The lowest BCUT2D eigenvalue weighted by atomic mass is 10.1. The SMILES string of the molecule is Cc1cc(C)c(NC(=S)N/N=C/c2cccn2Cc2cc(C)ccc2C)c(C)c1.